The van der Waals surface area contributed by atoms with Gasteiger partial charge in [-0.05, 0) is 33.2 Å². The molecule has 4 heteroatoms. The number of amides is 1. The van der Waals surface area contributed by atoms with Gasteiger partial charge in [0.25, 0.3) is 0 Å². The summed E-state index contributed by atoms with van der Waals surface area (Å²) in [4.78, 5) is 13.3. The maximum Gasteiger partial charge on any atom is 0.412 e. The summed E-state index contributed by atoms with van der Waals surface area (Å²) in [5.41, 5.74) is 1.14. The van der Waals surface area contributed by atoms with Crippen LogP contribution in [0.15, 0.2) is 24.3 Å². The van der Waals surface area contributed by atoms with Gasteiger partial charge >= 0.3 is 6.09 Å². The van der Waals surface area contributed by atoms with Gasteiger partial charge in [-0.2, -0.15) is 0 Å². The molecule has 0 spiro atoms. The van der Waals surface area contributed by atoms with E-state index in [1.807, 2.05) is 38.1 Å². The SMILES string of the molecule is Cc1ccc(OC(=O)NCCN(C)C)cc1. The fourth-order valence-corrected chi connectivity index (χ4v) is 1.13. The van der Waals surface area contributed by atoms with Crippen LogP contribution in [0.1, 0.15) is 5.56 Å². The monoisotopic (exact) mass is 222 g/mol. The molecule has 0 aliphatic carbocycles. The number of nitrogens with one attached hydrogen (secondary N) is 1. The molecule has 1 rings (SSSR count). The van der Waals surface area contributed by atoms with Gasteiger partial charge < -0.3 is 15.0 Å². The first-order valence-electron chi connectivity index (χ1n) is 5.25. The Hall–Kier alpha value is -1.55. The summed E-state index contributed by atoms with van der Waals surface area (Å²) >= 11 is 0. The second kappa shape index (κ2) is 6.12. The van der Waals surface area contributed by atoms with Crippen LogP contribution in [0.25, 0.3) is 0 Å². The zero-order chi connectivity index (χ0) is 12.0. The van der Waals surface area contributed by atoms with E-state index >= 15 is 0 Å². The second-order valence-corrected chi connectivity index (χ2v) is 3.93. The number of hydrogen-bond acceptors (Lipinski definition) is 3. The molecule has 0 bridgehead atoms. The van der Waals surface area contributed by atoms with Gasteiger partial charge in [0, 0.05) is 13.1 Å². The summed E-state index contributed by atoms with van der Waals surface area (Å²) < 4.78 is 5.08. The van der Waals surface area contributed by atoms with E-state index in [2.05, 4.69) is 5.32 Å². The number of nitrogens with zero attached hydrogens (tertiary/aromatic N) is 1. The molecule has 1 aromatic carbocycles. The Morgan fingerprint density at radius 1 is 1.31 bits per heavy atom. The maximum atomic E-state index is 11.3. The van der Waals surface area contributed by atoms with E-state index in [4.69, 9.17) is 4.74 Å². The fourth-order valence-electron chi connectivity index (χ4n) is 1.13. The molecule has 16 heavy (non-hydrogen) atoms. The van der Waals surface area contributed by atoms with Gasteiger partial charge in [0.15, 0.2) is 0 Å². The smallest absolute Gasteiger partial charge is 0.410 e. The Balaban J connectivity index is 2.31. The number of ether oxygens (including phenoxy) is 1. The molecule has 0 radical (unpaired) electrons. The van der Waals surface area contributed by atoms with E-state index in [9.17, 15) is 4.79 Å². The summed E-state index contributed by atoms with van der Waals surface area (Å²) in [5.74, 6) is 0.563. The Morgan fingerprint density at radius 2 is 1.94 bits per heavy atom. The first-order chi connectivity index (χ1) is 7.58. The molecule has 0 unspecified atom stereocenters. The maximum absolute atomic E-state index is 11.3. The summed E-state index contributed by atoms with van der Waals surface area (Å²) in [6.07, 6.45) is -0.411. The van der Waals surface area contributed by atoms with Crippen LogP contribution in [0.2, 0.25) is 0 Å². The van der Waals surface area contributed by atoms with Crippen LogP contribution in [-0.2, 0) is 0 Å². The number of benzene rings is 1. The van der Waals surface area contributed by atoms with E-state index in [1.165, 1.54) is 0 Å². The molecule has 1 aromatic rings. The van der Waals surface area contributed by atoms with Crippen molar-refractivity contribution in [3.05, 3.63) is 29.8 Å². The highest BCUT2D eigenvalue weighted by molar-refractivity contribution is 5.70. The van der Waals surface area contributed by atoms with Crippen molar-refractivity contribution in [2.24, 2.45) is 0 Å². The van der Waals surface area contributed by atoms with Crippen LogP contribution in [-0.4, -0.2) is 38.2 Å². The third kappa shape index (κ3) is 4.79. The number of hydrogen-bond donors (Lipinski definition) is 1. The van der Waals surface area contributed by atoms with E-state index in [-0.39, 0.29) is 0 Å². The number of carbonyl (C=O) groups is 1. The van der Waals surface area contributed by atoms with Crippen LogP contribution in [0.4, 0.5) is 4.79 Å². The fraction of sp³-hybridized carbons (Fsp3) is 0.417. The highest BCUT2D eigenvalue weighted by Crippen LogP contribution is 2.11. The largest absolute Gasteiger partial charge is 0.412 e. The van der Waals surface area contributed by atoms with Gasteiger partial charge in [-0.3, -0.25) is 0 Å². The van der Waals surface area contributed by atoms with Crippen molar-refractivity contribution in [2.75, 3.05) is 27.2 Å². The zero-order valence-electron chi connectivity index (χ0n) is 9.99. The molecule has 1 N–H and O–H groups in total. The average molecular weight is 222 g/mol. The Morgan fingerprint density at radius 3 is 2.50 bits per heavy atom. The van der Waals surface area contributed by atoms with Crippen molar-refractivity contribution < 1.29 is 9.53 Å². The molecular weight excluding hydrogens is 204 g/mol. The summed E-state index contributed by atoms with van der Waals surface area (Å²) in [6.45, 7) is 3.36. The van der Waals surface area contributed by atoms with Crippen LogP contribution in [0, 0.1) is 6.92 Å². The first-order valence-corrected chi connectivity index (χ1v) is 5.25. The average Bonchev–Trinajstić information content (AvgIpc) is 2.21. The standard InChI is InChI=1S/C12H18N2O2/c1-10-4-6-11(7-5-10)16-12(15)13-8-9-14(2)3/h4-7H,8-9H2,1-3H3,(H,13,15). The lowest BCUT2D eigenvalue weighted by atomic mass is 10.2. The molecular formula is C12H18N2O2. The third-order valence-corrected chi connectivity index (χ3v) is 2.06. The molecule has 0 saturated carbocycles. The summed E-state index contributed by atoms with van der Waals surface area (Å²) in [5, 5.41) is 2.67. The second-order valence-electron chi connectivity index (χ2n) is 3.93. The Kier molecular flexibility index (Phi) is 4.79. The highest BCUT2D eigenvalue weighted by Gasteiger charge is 2.02. The van der Waals surface area contributed by atoms with Crippen molar-refractivity contribution in [1.82, 2.24) is 10.2 Å². The van der Waals surface area contributed by atoms with Crippen LogP contribution in [0.3, 0.4) is 0 Å². The molecule has 4 nitrogen and oxygen atoms in total. The molecule has 1 amide bonds. The van der Waals surface area contributed by atoms with E-state index < -0.39 is 6.09 Å². The normalized spacial score (nSPS) is 10.2. The summed E-state index contributed by atoms with van der Waals surface area (Å²) in [7, 11) is 3.90. The molecule has 0 atom stereocenters. The van der Waals surface area contributed by atoms with E-state index in [0.29, 0.717) is 12.3 Å². The van der Waals surface area contributed by atoms with Crippen LogP contribution < -0.4 is 10.1 Å². The van der Waals surface area contributed by atoms with Crippen molar-refractivity contribution in [3.8, 4) is 5.75 Å². The van der Waals surface area contributed by atoms with E-state index in [1.54, 1.807) is 12.1 Å². The molecule has 0 fully saturated rings. The topological polar surface area (TPSA) is 41.6 Å². The van der Waals surface area contributed by atoms with Crippen molar-refractivity contribution >= 4 is 6.09 Å². The highest BCUT2D eigenvalue weighted by atomic mass is 16.5. The lowest BCUT2D eigenvalue weighted by Crippen LogP contribution is -2.33. The first kappa shape index (κ1) is 12.5. The quantitative estimate of drug-likeness (QED) is 0.842. The third-order valence-electron chi connectivity index (χ3n) is 2.06. The minimum absolute atomic E-state index is 0.411. The Labute approximate surface area is 96.2 Å². The zero-order valence-corrected chi connectivity index (χ0v) is 9.99. The number of aryl methyl sites for hydroxylation is 1. The lowest BCUT2D eigenvalue weighted by Gasteiger charge is -2.10. The number of likely N-dealkylation sites (N-methyl/N-ethyl adjacent to an activating group) is 1. The molecule has 0 aromatic heterocycles. The minimum Gasteiger partial charge on any atom is -0.410 e. The van der Waals surface area contributed by atoms with Gasteiger partial charge in [-0.15, -0.1) is 0 Å². The van der Waals surface area contributed by atoms with Gasteiger partial charge in [0.2, 0.25) is 0 Å². The van der Waals surface area contributed by atoms with Gasteiger partial charge in [0.05, 0.1) is 0 Å². The predicted octanol–water partition coefficient (Wildman–Crippen LogP) is 1.65. The van der Waals surface area contributed by atoms with Crippen LogP contribution in [0.5, 0.6) is 5.75 Å². The van der Waals surface area contributed by atoms with Crippen LogP contribution >= 0.6 is 0 Å². The molecule has 0 aliphatic heterocycles. The molecule has 0 heterocycles. The van der Waals surface area contributed by atoms with E-state index in [0.717, 1.165) is 12.1 Å². The lowest BCUT2D eigenvalue weighted by molar-refractivity contribution is 0.199. The molecule has 88 valence electrons. The minimum atomic E-state index is -0.411. The van der Waals surface area contributed by atoms with Crippen molar-refractivity contribution in [3.63, 3.8) is 0 Å². The van der Waals surface area contributed by atoms with Crippen molar-refractivity contribution in [1.29, 1.82) is 0 Å². The van der Waals surface area contributed by atoms with Gasteiger partial charge in [0.1, 0.15) is 5.75 Å². The molecule has 0 aliphatic rings. The molecule has 0 saturated heterocycles. The van der Waals surface area contributed by atoms with Crippen molar-refractivity contribution in [2.45, 2.75) is 6.92 Å². The number of rotatable bonds is 4. The van der Waals surface area contributed by atoms with Gasteiger partial charge in [-0.1, -0.05) is 17.7 Å². The Bertz CT molecular complexity index is 333. The van der Waals surface area contributed by atoms with Gasteiger partial charge in [-0.25, -0.2) is 4.79 Å². The predicted molar refractivity (Wildman–Crippen MR) is 63.8 cm³/mol. The summed E-state index contributed by atoms with van der Waals surface area (Å²) in [6, 6.07) is 7.37. The number of carbonyl (C=O) groups excluding carboxylic acids is 1.